The van der Waals surface area contributed by atoms with Crippen LogP contribution < -0.4 is 21.1 Å². The molecule has 7 nitrogen and oxygen atoms in total. The van der Waals surface area contributed by atoms with Gasteiger partial charge in [-0.05, 0) is 48.7 Å². The smallest absolute Gasteiger partial charge is 0.224 e. The molecule has 0 radical (unpaired) electrons. The Morgan fingerprint density at radius 1 is 1.27 bits per heavy atom. The Labute approximate surface area is 157 Å². The lowest BCUT2D eigenvalue weighted by atomic mass is 10.0. The van der Waals surface area contributed by atoms with Gasteiger partial charge in [-0.2, -0.15) is 0 Å². The average molecular weight is 377 g/mol. The zero-order valence-corrected chi connectivity index (χ0v) is 15.0. The van der Waals surface area contributed by atoms with E-state index in [9.17, 15) is 9.59 Å². The Balaban J connectivity index is 0.00000243. The first-order chi connectivity index (χ1) is 12.1. The van der Waals surface area contributed by atoms with Crippen LogP contribution in [-0.4, -0.2) is 23.4 Å². The standard InChI is InChI=1S/C18H20N4O3.ClH/c19-16-7-4-13(11-20-16)21-17(23)2-1-9-25-14-5-6-15-12(10-14)3-8-18(24)22-15;/h4-7,10-11H,1-3,8-9H2,(H2,19,20)(H,21,23)(H,22,24);1H. The Bertz CT molecular complexity index is 781. The van der Waals surface area contributed by atoms with E-state index in [1.54, 1.807) is 12.1 Å². The topological polar surface area (TPSA) is 106 Å². The molecule has 2 amide bonds. The molecule has 8 heteroatoms. The first kappa shape index (κ1) is 19.5. The van der Waals surface area contributed by atoms with E-state index in [1.165, 1.54) is 6.20 Å². The SMILES string of the molecule is Cl.Nc1ccc(NC(=O)CCCOc2ccc3c(c2)CCC(=O)N3)cn1. The van der Waals surface area contributed by atoms with Gasteiger partial charge in [-0.1, -0.05) is 0 Å². The summed E-state index contributed by atoms with van der Waals surface area (Å²) < 4.78 is 5.69. The number of nitrogens with zero attached hydrogens (tertiary/aromatic N) is 1. The molecule has 0 bridgehead atoms. The summed E-state index contributed by atoms with van der Waals surface area (Å²) in [6.07, 6.45) is 3.69. The van der Waals surface area contributed by atoms with E-state index >= 15 is 0 Å². The third-order valence-corrected chi connectivity index (χ3v) is 3.86. The summed E-state index contributed by atoms with van der Waals surface area (Å²) in [5.74, 6) is 1.11. The molecule has 0 atom stereocenters. The normalized spacial score (nSPS) is 12.4. The molecule has 3 rings (SSSR count). The number of carbonyl (C=O) groups is 2. The number of rotatable bonds is 6. The molecule has 0 saturated carbocycles. The first-order valence-electron chi connectivity index (χ1n) is 8.17. The van der Waals surface area contributed by atoms with E-state index < -0.39 is 0 Å². The maximum atomic E-state index is 11.9. The van der Waals surface area contributed by atoms with Crippen molar-refractivity contribution in [2.24, 2.45) is 0 Å². The maximum Gasteiger partial charge on any atom is 0.224 e. The Hall–Kier alpha value is -2.80. The number of hydrogen-bond donors (Lipinski definition) is 3. The molecular weight excluding hydrogens is 356 g/mol. The van der Waals surface area contributed by atoms with Gasteiger partial charge in [0, 0.05) is 18.5 Å². The number of amides is 2. The van der Waals surface area contributed by atoms with E-state index in [2.05, 4.69) is 15.6 Å². The number of nitrogens with one attached hydrogen (secondary N) is 2. The minimum Gasteiger partial charge on any atom is -0.494 e. The lowest BCUT2D eigenvalue weighted by molar-refractivity contribution is -0.117. The minimum absolute atomic E-state index is 0. The number of benzene rings is 1. The minimum atomic E-state index is -0.0941. The number of aryl methyl sites for hydroxylation is 1. The summed E-state index contributed by atoms with van der Waals surface area (Å²) in [6, 6.07) is 8.96. The Morgan fingerprint density at radius 2 is 2.12 bits per heavy atom. The molecule has 2 heterocycles. The van der Waals surface area contributed by atoms with Crippen LogP contribution in [-0.2, 0) is 16.0 Å². The van der Waals surface area contributed by atoms with Crippen LogP contribution in [0.1, 0.15) is 24.8 Å². The lowest BCUT2D eigenvalue weighted by Gasteiger charge is -2.17. The highest BCUT2D eigenvalue weighted by molar-refractivity contribution is 5.94. The van der Waals surface area contributed by atoms with E-state index in [0.29, 0.717) is 37.4 Å². The highest BCUT2D eigenvalue weighted by Gasteiger charge is 2.15. The molecule has 0 saturated heterocycles. The number of halogens is 1. The van der Waals surface area contributed by atoms with Crippen LogP contribution in [0.5, 0.6) is 5.75 Å². The van der Waals surface area contributed by atoms with Crippen LogP contribution in [0.2, 0.25) is 0 Å². The quantitative estimate of drug-likeness (QED) is 0.672. The van der Waals surface area contributed by atoms with Crippen molar-refractivity contribution < 1.29 is 14.3 Å². The van der Waals surface area contributed by atoms with Gasteiger partial charge in [0.05, 0.1) is 18.5 Å². The highest BCUT2D eigenvalue weighted by Crippen LogP contribution is 2.26. The fraction of sp³-hybridized carbons (Fsp3) is 0.278. The predicted molar refractivity (Wildman–Crippen MR) is 103 cm³/mol. The van der Waals surface area contributed by atoms with Gasteiger partial charge in [0.15, 0.2) is 0 Å². The summed E-state index contributed by atoms with van der Waals surface area (Å²) in [6.45, 7) is 0.443. The summed E-state index contributed by atoms with van der Waals surface area (Å²) in [5, 5.41) is 5.60. The molecule has 1 aliphatic heterocycles. The van der Waals surface area contributed by atoms with Crippen LogP contribution in [0.15, 0.2) is 36.5 Å². The average Bonchev–Trinajstić information content (AvgIpc) is 2.61. The molecule has 0 unspecified atom stereocenters. The molecule has 0 aliphatic carbocycles. The number of pyridine rings is 1. The number of nitrogens with two attached hydrogens (primary N) is 1. The number of hydrogen-bond acceptors (Lipinski definition) is 5. The summed E-state index contributed by atoms with van der Waals surface area (Å²) in [7, 11) is 0. The third kappa shape index (κ3) is 5.35. The van der Waals surface area contributed by atoms with Crippen LogP contribution >= 0.6 is 12.4 Å². The Morgan fingerprint density at radius 3 is 2.88 bits per heavy atom. The molecule has 0 fully saturated rings. The van der Waals surface area contributed by atoms with Gasteiger partial charge in [-0.3, -0.25) is 9.59 Å². The predicted octanol–water partition coefficient (Wildman–Crippen LogP) is 2.77. The van der Waals surface area contributed by atoms with Crippen molar-refractivity contribution in [3.8, 4) is 5.75 Å². The van der Waals surface area contributed by atoms with Crippen molar-refractivity contribution in [3.05, 3.63) is 42.1 Å². The second-order valence-electron chi connectivity index (χ2n) is 5.84. The van der Waals surface area contributed by atoms with Crippen LogP contribution in [0, 0.1) is 0 Å². The van der Waals surface area contributed by atoms with E-state index in [-0.39, 0.29) is 24.2 Å². The maximum absolute atomic E-state index is 11.9. The molecule has 138 valence electrons. The fourth-order valence-corrected chi connectivity index (χ4v) is 2.58. The molecular formula is C18H21ClN4O3. The second-order valence-corrected chi connectivity index (χ2v) is 5.84. The van der Waals surface area contributed by atoms with E-state index in [0.717, 1.165) is 23.4 Å². The van der Waals surface area contributed by atoms with Crippen molar-refractivity contribution in [3.63, 3.8) is 0 Å². The van der Waals surface area contributed by atoms with Crippen LogP contribution in [0.4, 0.5) is 17.2 Å². The highest BCUT2D eigenvalue weighted by atomic mass is 35.5. The Kier molecular flexibility index (Phi) is 6.80. The largest absolute Gasteiger partial charge is 0.494 e. The number of carbonyl (C=O) groups excluding carboxylic acids is 2. The van der Waals surface area contributed by atoms with Crippen LogP contribution in [0.3, 0.4) is 0 Å². The van der Waals surface area contributed by atoms with Gasteiger partial charge in [-0.25, -0.2) is 4.98 Å². The number of anilines is 3. The van der Waals surface area contributed by atoms with Gasteiger partial charge in [-0.15, -0.1) is 12.4 Å². The van der Waals surface area contributed by atoms with Crippen LogP contribution in [0.25, 0.3) is 0 Å². The zero-order chi connectivity index (χ0) is 17.6. The van der Waals surface area contributed by atoms with Gasteiger partial charge < -0.3 is 21.1 Å². The van der Waals surface area contributed by atoms with Crippen molar-refractivity contribution in [2.45, 2.75) is 25.7 Å². The van der Waals surface area contributed by atoms with Crippen molar-refractivity contribution in [2.75, 3.05) is 23.0 Å². The van der Waals surface area contributed by atoms with Crippen molar-refractivity contribution >= 4 is 41.4 Å². The molecule has 26 heavy (non-hydrogen) atoms. The number of aromatic nitrogens is 1. The molecule has 0 spiro atoms. The van der Waals surface area contributed by atoms with Gasteiger partial charge >= 0.3 is 0 Å². The first-order valence-corrected chi connectivity index (χ1v) is 8.17. The number of ether oxygens (including phenoxy) is 1. The summed E-state index contributed by atoms with van der Waals surface area (Å²) in [5.41, 5.74) is 8.04. The molecule has 1 aliphatic rings. The fourth-order valence-electron chi connectivity index (χ4n) is 2.58. The molecule has 1 aromatic carbocycles. The van der Waals surface area contributed by atoms with Gasteiger partial charge in [0.1, 0.15) is 11.6 Å². The zero-order valence-electron chi connectivity index (χ0n) is 14.2. The van der Waals surface area contributed by atoms with E-state index in [4.69, 9.17) is 10.5 Å². The second kappa shape index (κ2) is 9.05. The molecule has 2 aromatic rings. The molecule has 1 aromatic heterocycles. The van der Waals surface area contributed by atoms with Gasteiger partial charge in [0.25, 0.3) is 0 Å². The monoisotopic (exact) mass is 376 g/mol. The van der Waals surface area contributed by atoms with Gasteiger partial charge in [0.2, 0.25) is 11.8 Å². The number of fused-ring (bicyclic) bond motifs is 1. The molecule has 4 N–H and O–H groups in total. The van der Waals surface area contributed by atoms with Crippen molar-refractivity contribution in [1.82, 2.24) is 4.98 Å². The third-order valence-electron chi connectivity index (χ3n) is 3.86. The van der Waals surface area contributed by atoms with Crippen molar-refractivity contribution in [1.29, 1.82) is 0 Å². The van der Waals surface area contributed by atoms with E-state index in [1.807, 2.05) is 18.2 Å². The number of nitrogen functional groups attached to an aromatic ring is 1. The lowest BCUT2D eigenvalue weighted by Crippen LogP contribution is -2.18. The summed E-state index contributed by atoms with van der Waals surface area (Å²) >= 11 is 0. The summed E-state index contributed by atoms with van der Waals surface area (Å²) in [4.78, 5) is 27.1.